The highest BCUT2D eigenvalue weighted by Crippen LogP contribution is 2.34. The molecule has 0 aliphatic rings. The van der Waals surface area contributed by atoms with Crippen molar-refractivity contribution in [2.45, 2.75) is 22.2 Å². The number of aromatic nitrogens is 4. The quantitative estimate of drug-likeness (QED) is 0.371. The minimum Gasteiger partial charge on any atom is -0.210 e. The van der Waals surface area contributed by atoms with Gasteiger partial charge in [0.1, 0.15) is 0 Å². The Hall–Kier alpha value is -2.72. The van der Waals surface area contributed by atoms with E-state index in [-0.39, 0.29) is 16.7 Å². The Morgan fingerprint density at radius 1 is 1.03 bits per heavy atom. The summed E-state index contributed by atoms with van der Waals surface area (Å²) in [6.07, 6.45) is 0. The standard InChI is InChI=1S/C22H20ClN5O2S2/c1-16-10-12-20(13-11-16)32(29,30)24-15-21(17-6-3-2-4-7-17)31-22-25-26-27-28(22)19-9-5-8-18(23)14-19/h2-14,21,24H,15H2,1H3/t21-/m1/s1. The fourth-order valence-corrected chi connectivity index (χ4v) is 5.41. The van der Waals surface area contributed by atoms with Gasteiger partial charge in [0.2, 0.25) is 15.2 Å². The molecular weight excluding hydrogens is 466 g/mol. The van der Waals surface area contributed by atoms with Crippen molar-refractivity contribution in [1.82, 2.24) is 24.9 Å². The van der Waals surface area contributed by atoms with Crippen molar-refractivity contribution in [1.29, 1.82) is 0 Å². The van der Waals surface area contributed by atoms with Crippen LogP contribution >= 0.6 is 23.4 Å². The molecule has 7 nitrogen and oxygen atoms in total. The van der Waals surface area contributed by atoms with Gasteiger partial charge >= 0.3 is 0 Å². The molecule has 4 aromatic rings. The lowest BCUT2D eigenvalue weighted by Gasteiger charge is -2.17. The highest BCUT2D eigenvalue weighted by Gasteiger charge is 2.22. The highest BCUT2D eigenvalue weighted by molar-refractivity contribution is 7.99. The van der Waals surface area contributed by atoms with E-state index in [1.807, 2.05) is 49.4 Å². The van der Waals surface area contributed by atoms with Crippen LogP contribution < -0.4 is 4.72 Å². The van der Waals surface area contributed by atoms with Gasteiger partial charge in [-0.2, -0.15) is 4.68 Å². The van der Waals surface area contributed by atoms with Gasteiger partial charge in [-0.05, 0) is 53.2 Å². The van der Waals surface area contributed by atoms with Crippen LogP contribution in [-0.4, -0.2) is 35.2 Å². The average molecular weight is 486 g/mol. The summed E-state index contributed by atoms with van der Waals surface area (Å²) in [7, 11) is -3.67. The number of rotatable bonds is 8. The van der Waals surface area contributed by atoms with Crippen LogP contribution in [0.1, 0.15) is 16.4 Å². The lowest BCUT2D eigenvalue weighted by Crippen LogP contribution is -2.28. The maximum absolute atomic E-state index is 12.8. The van der Waals surface area contributed by atoms with Gasteiger partial charge in [0, 0.05) is 11.6 Å². The maximum Gasteiger partial charge on any atom is 0.240 e. The Morgan fingerprint density at radius 3 is 2.50 bits per heavy atom. The number of halogens is 1. The summed E-state index contributed by atoms with van der Waals surface area (Å²) in [6.45, 7) is 2.07. The molecule has 0 radical (unpaired) electrons. The van der Waals surface area contributed by atoms with Crippen LogP contribution in [0.3, 0.4) is 0 Å². The molecule has 1 atom stereocenters. The average Bonchev–Trinajstić information content (AvgIpc) is 3.26. The number of sulfonamides is 1. The number of tetrazole rings is 1. The minimum absolute atomic E-state index is 0.160. The molecule has 0 bridgehead atoms. The summed E-state index contributed by atoms with van der Waals surface area (Å²) in [6, 6.07) is 23.6. The smallest absolute Gasteiger partial charge is 0.210 e. The minimum atomic E-state index is -3.67. The first-order valence-electron chi connectivity index (χ1n) is 9.75. The fraction of sp³-hybridized carbons (Fsp3) is 0.136. The van der Waals surface area contributed by atoms with Crippen molar-refractivity contribution >= 4 is 33.4 Å². The number of nitrogens with zero attached hydrogens (tertiary/aromatic N) is 4. The van der Waals surface area contributed by atoms with Crippen molar-refractivity contribution in [2.75, 3.05) is 6.54 Å². The van der Waals surface area contributed by atoms with Crippen LogP contribution in [0.5, 0.6) is 0 Å². The van der Waals surface area contributed by atoms with Crippen LogP contribution in [0.2, 0.25) is 5.02 Å². The topological polar surface area (TPSA) is 89.8 Å². The van der Waals surface area contributed by atoms with E-state index in [1.54, 1.807) is 41.1 Å². The summed E-state index contributed by atoms with van der Waals surface area (Å²) in [5.74, 6) is 0. The third-order valence-corrected chi connectivity index (χ3v) is 7.57. The van der Waals surface area contributed by atoms with Gasteiger partial charge in [-0.25, -0.2) is 13.1 Å². The lowest BCUT2D eigenvalue weighted by molar-refractivity contribution is 0.581. The molecule has 0 fully saturated rings. The molecule has 0 amide bonds. The summed E-state index contributed by atoms with van der Waals surface area (Å²) in [5.41, 5.74) is 2.66. The number of hydrogen-bond donors (Lipinski definition) is 1. The molecule has 3 aromatic carbocycles. The Morgan fingerprint density at radius 2 is 1.78 bits per heavy atom. The van der Waals surface area contributed by atoms with Crippen LogP contribution in [0.25, 0.3) is 5.69 Å². The van der Waals surface area contributed by atoms with Gasteiger partial charge < -0.3 is 0 Å². The van der Waals surface area contributed by atoms with Gasteiger partial charge in [-0.3, -0.25) is 0 Å². The molecule has 32 heavy (non-hydrogen) atoms. The predicted octanol–water partition coefficient (Wildman–Crippen LogP) is 4.44. The third kappa shape index (κ3) is 5.36. The van der Waals surface area contributed by atoms with E-state index >= 15 is 0 Å². The molecule has 0 saturated heterocycles. The van der Waals surface area contributed by atoms with Crippen molar-refractivity contribution in [3.63, 3.8) is 0 Å². The largest absolute Gasteiger partial charge is 0.240 e. The van der Waals surface area contributed by atoms with E-state index in [0.717, 1.165) is 16.8 Å². The second-order valence-corrected chi connectivity index (χ2v) is 10.4. The third-order valence-electron chi connectivity index (χ3n) is 4.70. The van der Waals surface area contributed by atoms with E-state index in [0.29, 0.717) is 10.2 Å². The molecule has 0 aliphatic heterocycles. The van der Waals surface area contributed by atoms with E-state index in [2.05, 4.69) is 20.2 Å². The fourth-order valence-electron chi connectivity index (χ4n) is 3.03. The number of hydrogen-bond acceptors (Lipinski definition) is 6. The van der Waals surface area contributed by atoms with Crippen LogP contribution in [0.15, 0.2) is 88.9 Å². The summed E-state index contributed by atoms with van der Waals surface area (Å²) in [4.78, 5) is 0.226. The van der Waals surface area contributed by atoms with E-state index in [1.165, 1.54) is 11.8 Å². The SMILES string of the molecule is Cc1ccc(S(=O)(=O)NC[C@@H](Sc2nnnn2-c2cccc(Cl)c2)c2ccccc2)cc1. The van der Waals surface area contributed by atoms with Crippen molar-refractivity contribution < 1.29 is 8.42 Å². The van der Waals surface area contributed by atoms with Crippen molar-refractivity contribution in [2.24, 2.45) is 0 Å². The molecule has 0 unspecified atom stereocenters. The molecule has 1 N–H and O–H groups in total. The second-order valence-electron chi connectivity index (χ2n) is 7.04. The van der Waals surface area contributed by atoms with E-state index in [9.17, 15) is 8.42 Å². The zero-order chi connectivity index (χ0) is 22.6. The van der Waals surface area contributed by atoms with Gasteiger partial charge in [0.25, 0.3) is 0 Å². The molecule has 10 heteroatoms. The summed E-state index contributed by atoms with van der Waals surface area (Å²) in [5, 5.41) is 12.8. The number of benzene rings is 3. The van der Waals surface area contributed by atoms with E-state index in [4.69, 9.17) is 11.6 Å². The van der Waals surface area contributed by atoms with Crippen LogP contribution in [-0.2, 0) is 10.0 Å². The Balaban J connectivity index is 1.59. The molecule has 0 spiro atoms. The van der Waals surface area contributed by atoms with Crippen LogP contribution in [0, 0.1) is 6.92 Å². The van der Waals surface area contributed by atoms with Crippen molar-refractivity contribution in [3.05, 3.63) is 95.0 Å². The number of nitrogens with one attached hydrogen (secondary N) is 1. The first-order chi connectivity index (χ1) is 15.4. The Bertz CT molecular complexity index is 1300. The van der Waals surface area contributed by atoms with Gasteiger partial charge in [-0.15, -0.1) is 5.10 Å². The molecule has 0 aliphatic carbocycles. The predicted molar refractivity (Wildman–Crippen MR) is 126 cm³/mol. The maximum atomic E-state index is 12.8. The molecule has 4 rings (SSSR count). The van der Waals surface area contributed by atoms with Gasteiger partial charge in [0.15, 0.2) is 0 Å². The molecule has 164 valence electrons. The monoisotopic (exact) mass is 485 g/mol. The van der Waals surface area contributed by atoms with E-state index < -0.39 is 10.0 Å². The summed E-state index contributed by atoms with van der Waals surface area (Å²) >= 11 is 7.49. The molecule has 0 saturated carbocycles. The first-order valence-corrected chi connectivity index (χ1v) is 12.5. The zero-order valence-corrected chi connectivity index (χ0v) is 19.5. The summed E-state index contributed by atoms with van der Waals surface area (Å²) < 4.78 is 30.0. The Labute approximate surface area is 195 Å². The first kappa shape index (κ1) is 22.5. The molecule has 1 aromatic heterocycles. The second kappa shape index (κ2) is 9.83. The Kier molecular flexibility index (Phi) is 6.90. The van der Waals surface area contributed by atoms with Crippen LogP contribution in [0.4, 0.5) is 0 Å². The lowest BCUT2D eigenvalue weighted by atomic mass is 10.1. The molecular formula is C22H20ClN5O2S2. The number of aryl methyl sites for hydroxylation is 1. The van der Waals surface area contributed by atoms with Gasteiger partial charge in [-0.1, -0.05) is 77.5 Å². The van der Waals surface area contributed by atoms with Gasteiger partial charge in [0.05, 0.1) is 15.8 Å². The van der Waals surface area contributed by atoms with Crippen molar-refractivity contribution in [3.8, 4) is 5.69 Å². The molecule has 1 heterocycles. The normalized spacial score (nSPS) is 12.6. The number of thioether (sulfide) groups is 1. The highest BCUT2D eigenvalue weighted by atomic mass is 35.5. The zero-order valence-electron chi connectivity index (χ0n) is 17.1.